The molecule has 35 heavy (non-hydrogen) atoms. The maximum Gasteiger partial charge on any atom is 0.338 e. The van der Waals surface area contributed by atoms with Gasteiger partial charge in [0.25, 0.3) is 17.7 Å². The van der Waals surface area contributed by atoms with Crippen LogP contribution in [0.1, 0.15) is 60.8 Å². The molecule has 1 atom stereocenters. The third-order valence-corrected chi connectivity index (χ3v) is 5.57. The molecule has 8 nitrogen and oxygen atoms in total. The van der Waals surface area contributed by atoms with Crippen LogP contribution in [0.3, 0.4) is 0 Å². The van der Waals surface area contributed by atoms with E-state index >= 15 is 0 Å². The molecule has 0 saturated carbocycles. The maximum absolute atomic E-state index is 12.7. The van der Waals surface area contributed by atoms with E-state index in [1.807, 2.05) is 0 Å². The van der Waals surface area contributed by atoms with Crippen LogP contribution in [0.5, 0.6) is 0 Å². The molecule has 0 saturated heterocycles. The molecule has 1 aliphatic heterocycles. The van der Waals surface area contributed by atoms with Crippen LogP contribution in [0, 0.1) is 0 Å². The molecule has 1 N–H and O–H groups in total. The second-order valence-corrected chi connectivity index (χ2v) is 8.12. The summed E-state index contributed by atoms with van der Waals surface area (Å²) in [5.41, 5.74) is 2.30. The lowest BCUT2D eigenvalue weighted by molar-refractivity contribution is -0.123. The number of esters is 1. The largest absolute Gasteiger partial charge is 0.449 e. The number of amides is 3. The van der Waals surface area contributed by atoms with Crippen molar-refractivity contribution in [2.75, 3.05) is 5.32 Å². The average molecular weight is 470 g/mol. The van der Waals surface area contributed by atoms with Crippen molar-refractivity contribution in [2.45, 2.75) is 26.5 Å². The van der Waals surface area contributed by atoms with Crippen LogP contribution < -0.4 is 5.32 Å². The van der Waals surface area contributed by atoms with Gasteiger partial charge in [0, 0.05) is 11.3 Å². The van der Waals surface area contributed by atoms with Crippen LogP contribution in [0.4, 0.5) is 5.69 Å². The summed E-state index contributed by atoms with van der Waals surface area (Å²) in [4.78, 5) is 63.0. The first-order chi connectivity index (χ1) is 16.7. The number of benzene rings is 3. The smallest absolute Gasteiger partial charge is 0.338 e. The molecule has 3 aromatic rings. The van der Waals surface area contributed by atoms with Gasteiger partial charge >= 0.3 is 5.97 Å². The fraction of sp³-hybridized carbons (Fsp3) is 0.148. The van der Waals surface area contributed by atoms with Crippen molar-refractivity contribution in [1.82, 2.24) is 4.90 Å². The number of Topliss-reactive ketones (excluding diaryl/α,β-unsaturated/α-hetero) is 1. The monoisotopic (exact) mass is 470 g/mol. The topological polar surface area (TPSA) is 110 Å². The summed E-state index contributed by atoms with van der Waals surface area (Å²) >= 11 is 0. The number of carbonyl (C=O) groups is 5. The molecule has 0 aromatic heterocycles. The Hall–Kier alpha value is -4.59. The number of nitrogens with zero attached hydrogens (tertiary/aromatic N) is 1. The lowest BCUT2D eigenvalue weighted by Gasteiger charge is -2.16. The lowest BCUT2D eigenvalue weighted by atomic mass is 10.1. The number of ketones is 1. The highest BCUT2D eigenvalue weighted by Crippen LogP contribution is 2.24. The van der Waals surface area contributed by atoms with E-state index in [1.165, 1.54) is 32.0 Å². The van der Waals surface area contributed by atoms with Gasteiger partial charge in [-0.2, -0.15) is 0 Å². The molecule has 0 bridgehead atoms. The summed E-state index contributed by atoms with van der Waals surface area (Å²) in [6.07, 6.45) is -1.11. The van der Waals surface area contributed by atoms with E-state index in [9.17, 15) is 24.0 Å². The van der Waals surface area contributed by atoms with Gasteiger partial charge in [-0.1, -0.05) is 36.4 Å². The van der Waals surface area contributed by atoms with Gasteiger partial charge in [0.2, 0.25) is 0 Å². The summed E-state index contributed by atoms with van der Waals surface area (Å²) in [6, 6.07) is 19.4. The van der Waals surface area contributed by atoms with Gasteiger partial charge in [-0.05, 0) is 55.8 Å². The number of hydrogen-bond acceptors (Lipinski definition) is 6. The van der Waals surface area contributed by atoms with Crippen molar-refractivity contribution in [2.24, 2.45) is 0 Å². The summed E-state index contributed by atoms with van der Waals surface area (Å²) in [6.45, 7) is 2.86. The zero-order valence-corrected chi connectivity index (χ0v) is 19.1. The first-order valence-electron chi connectivity index (χ1n) is 10.9. The van der Waals surface area contributed by atoms with Crippen LogP contribution in [0.2, 0.25) is 0 Å². The predicted octanol–water partition coefficient (Wildman–Crippen LogP) is 3.87. The van der Waals surface area contributed by atoms with E-state index in [2.05, 4.69) is 5.32 Å². The van der Waals surface area contributed by atoms with Crippen molar-refractivity contribution in [3.8, 4) is 0 Å². The third-order valence-electron chi connectivity index (χ3n) is 5.57. The molecule has 1 aliphatic rings. The van der Waals surface area contributed by atoms with Gasteiger partial charge < -0.3 is 10.1 Å². The molecule has 0 spiro atoms. The van der Waals surface area contributed by atoms with Crippen LogP contribution in [-0.4, -0.2) is 40.5 Å². The van der Waals surface area contributed by atoms with Crippen LogP contribution in [0.15, 0.2) is 72.8 Å². The lowest BCUT2D eigenvalue weighted by Crippen LogP contribution is -2.30. The fourth-order valence-electron chi connectivity index (χ4n) is 3.70. The minimum absolute atomic E-state index is 0.00397. The first-order valence-corrected chi connectivity index (χ1v) is 10.9. The SMILES string of the molecule is CC(=O)c1cccc(NC(=O)C(C)OC(=O)c2cccc(CN3C(=O)c4ccccc4C3=O)c2)c1. The van der Waals surface area contributed by atoms with Crippen LogP contribution >= 0.6 is 0 Å². The molecular weight excluding hydrogens is 448 g/mol. The second-order valence-electron chi connectivity index (χ2n) is 8.12. The Morgan fingerprint density at radius 2 is 1.49 bits per heavy atom. The Labute approximate surface area is 201 Å². The first kappa shape index (κ1) is 23.6. The molecule has 3 aromatic carbocycles. The van der Waals surface area contributed by atoms with Crippen molar-refractivity contribution >= 4 is 35.2 Å². The summed E-state index contributed by atoms with van der Waals surface area (Å²) in [7, 11) is 0. The van der Waals surface area contributed by atoms with Gasteiger partial charge in [-0.15, -0.1) is 0 Å². The van der Waals surface area contributed by atoms with Crippen molar-refractivity contribution < 1.29 is 28.7 Å². The molecule has 1 heterocycles. The summed E-state index contributed by atoms with van der Waals surface area (Å²) in [5.74, 6) is -2.20. The number of rotatable bonds is 7. The highest BCUT2D eigenvalue weighted by atomic mass is 16.5. The number of hydrogen-bond donors (Lipinski definition) is 1. The van der Waals surface area contributed by atoms with Gasteiger partial charge in [0.05, 0.1) is 23.2 Å². The number of fused-ring (bicyclic) bond motifs is 1. The van der Waals surface area contributed by atoms with E-state index < -0.39 is 29.8 Å². The minimum Gasteiger partial charge on any atom is -0.449 e. The normalized spacial score (nSPS) is 13.3. The van der Waals surface area contributed by atoms with Crippen LogP contribution in [0.25, 0.3) is 0 Å². The molecule has 1 unspecified atom stereocenters. The molecule has 4 rings (SSSR count). The molecule has 8 heteroatoms. The second kappa shape index (κ2) is 9.72. The third kappa shape index (κ3) is 5.01. The van der Waals surface area contributed by atoms with E-state index in [1.54, 1.807) is 54.6 Å². The molecule has 0 radical (unpaired) electrons. The van der Waals surface area contributed by atoms with E-state index in [0.717, 1.165) is 4.90 Å². The minimum atomic E-state index is -1.11. The number of imide groups is 1. The zero-order chi connectivity index (χ0) is 25.1. The molecule has 0 fully saturated rings. The highest BCUT2D eigenvalue weighted by molar-refractivity contribution is 6.21. The number of anilines is 1. The summed E-state index contributed by atoms with van der Waals surface area (Å²) in [5, 5.41) is 2.62. The highest BCUT2D eigenvalue weighted by Gasteiger charge is 2.35. The Bertz CT molecular complexity index is 1330. The van der Waals surface area contributed by atoms with Crippen molar-refractivity contribution in [3.05, 3.63) is 101 Å². The van der Waals surface area contributed by atoms with Gasteiger partial charge in [-0.25, -0.2) is 4.79 Å². The maximum atomic E-state index is 12.7. The Kier molecular flexibility index (Phi) is 6.55. The summed E-state index contributed by atoms with van der Waals surface area (Å²) < 4.78 is 5.30. The Morgan fingerprint density at radius 1 is 0.857 bits per heavy atom. The standard InChI is InChI=1S/C27H22N2O6/c1-16(30)19-8-6-10-21(14-19)28-24(31)17(2)35-27(34)20-9-5-7-18(13-20)15-29-25(32)22-11-3-4-12-23(22)26(29)33/h3-14,17H,15H2,1-2H3,(H,28,31). The molecule has 3 amide bonds. The van der Waals surface area contributed by atoms with Crippen LogP contribution in [-0.2, 0) is 16.1 Å². The Morgan fingerprint density at radius 3 is 2.14 bits per heavy atom. The van der Waals surface area contributed by atoms with Crippen molar-refractivity contribution in [3.63, 3.8) is 0 Å². The van der Waals surface area contributed by atoms with Gasteiger partial charge in [0.15, 0.2) is 11.9 Å². The molecular formula is C27H22N2O6. The number of ether oxygens (including phenoxy) is 1. The van der Waals surface area contributed by atoms with Gasteiger partial charge in [0.1, 0.15) is 0 Å². The molecule has 176 valence electrons. The zero-order valence-electron chi connectivity index (χ0n) is 19.1. The van der Waals surface area contributed by atoms with E-state index in [0.29, 0.717) is 27.9 Å². The molecule has 0 aliphatic carbocycles. The van der Waals surface area contributed by atoms with Crippen molar-refractivity contribution in [1.29, 1.82) is 0 Å². The number of nitrogens with one attached hydrogen (secondary N) is 1. The number of carbonyl (C=O) groups excluding carboxylic acids is 5. The van der Waals surface area contributed by atoms with E-state index in [4.69, 9.17) is 4.74 Å². The fourth-order valence-corrected chi connectivity index (χ4v) is 3.70. The predicted molar refractivity (Wildman–Crippen MR) is 127 cm³/mol. The Balaban J connectivity index is 1.40. The average Bonchev–Trinajstić information content (AvgIpc) is 3.09. The quantitative estimate of drug-likeness (QED) is 0.319. The van der Waals surface area contributed by atoms with E-state index in [-0.39, 0.29) is 17.9 Å². The van der Waals surface area contributed by atoms with Gasteiger partial charge in [-0.3, -0.25) is 24.1 Å².